The van der Waals surface area contributed by atoms with Gasteiger partial charge in [0, 0.05) is 18.8 Å². The Kier molecular flexibility index (Phi) is 4.67. The highest BCUT2D eigenvalue weighted by atomic mass is 28.4. The Morgan fingerprint density at radius 3 is 2.06 bits per heavy atom. The summed E-state index contributed by atoms with van der Waals surface area (Å²) in [6.07, 6.45) is 11.4. The van der Waals surface area contributed by atoms with Crippen LogP contribution in [0.5, 0.6) is 0 Å². The molecule has 0 aromatic carbocycles. The molecule has 100 valence electrons. The van der Waals surface area contributed by atoms with Crippen molar-refractivity contribution in [3.63, 3.8) is 0 Å². The van der Waals surface area contributed by atoms with Crippen molar-refractivity contribution >= 4 is 8.56 Å². The maximum atomic E-state index is 6.42. The first kappa shape index (κ1) is 13.6. The van der Waals surface area contributed by atoms with Gasteiger partial charge in [0.15, 0.2) is 0 Å². The smallest absolute Gasteiger partial charge is 0.338 e. The van der Waals surface area contributed by atoms with Crippen LogP contribution in [0.4, 0.5) is 0 Å². The van der Waals surface area contributed by atoms with Crippen LogP contribution in [0.25, 0.3) is 0 Å². The van der Waals surface area contributed by atoms with Gasteiger partial charge in [0.2, 0.25) is 0 Å². The first-order valence-corrected chi connectivity index (χ1v) is 9.78. The molecule has 17 heavy (non-hydrogen) atoms. The Labute approximate surface area is 107 Å². The van der Waals surface area contributed by atoms with E-state index in [1.807, 2.05) is 7.11 Å². The lowest BCUT2D eigenvalue weighted by molar-refractivity contribution is 0.0899. The molecule has 0 aliphatic heterocycles. The molecule has 0 aromatic rings. The van der Waals surface area contributed by atoms with Crippen LogP contribution in [0.1, 0.15) is 58.3 Å². The zero-order valence-electron chi connectivity index (χ0n) is 11.7. The SMILES string of the molecule is CO[Si](C)(OC(C)C1CCCCCC1)C1CC1. The molecular formula is C14H28O2Si. The van der Waals surface area contributed by atoms with E-state index in [0.717, 1.165) is 11.5 Å². The van der Waals surface area contributed by atoms with Crippen LogP contribution in [0.15, 0.2) is 0 Å². The summed E-state index contributed by atoms with van der Waals surface area (Å²) in [5, 5.41) is 0. The maximum Gasteiger partial charge on any atom is 0.338 e. The first-order valence-electron chi connectivity index (χ1n) is 7.38. The first-order chi connectivity index (χ1) is 8.15. The predicted molar refractivity (Wildman–Crippen MR) is 73.4 cm³/mol. The van der Waals surface area contributed by atoms with Crippen LogP contribution in [0, 0.1) is 5.92 Å². The van der Waals surface area contributed by atoms with Crippen molar-refractivity contribution in [2.45, 2.75) is 76.5 Å². The largest absolute Gasteiger partial charge is 0.398 e. The molecule has 0 spiro atoms. The molecule has 0 saturated heterocycles. The van der Waals surface area contributed by atoms with E-state index in [1.165, 1.54) is 51.4 Å². The third-order valence-corrected chi connectivity index (χ3v) is 8.42. The van der Waals surface area contributed by atoms with Crippen LogP contribution in [-0.4, -0.2) is 21.8 Å². The second-order valence-corrected chi connectivity index (χ2v) is 9.56. The molecule has 3 heteroatoms. The Balaban J connectivity index is 1.87. The van der Waals surface area contributed by atoms with Crippen molar-refractivity contribution in [1.29, 1.82) is 0 Å². The topological polar surface area (TPSA) is 18.5 Å². The predicted octanol–water partition coefficient (Wildman–Crippen LogP) is 4.24. The van der Waals surface area contributed by atoms with Gasteiger partial charge in [-0.1, -0.05) is 25.7 Å². The molecule has 0 N–H and O–H groups in total. The maximum absolute atomic E-state index is 6.42. The summed E-state index contributed by atoms with van der Waals surface area (Å²) >= 11 is 0. The van der Waals surface area contributed by atoms with E-state index >= 15 is 0 Å². The summed E-state index contributed by atoms with van der Waals surface area (Å²) in [5.41, 5.74) is 0.765. The average Bonchev–Trinajstić information content (AvgIpc) is 3.15. The molecule has 2 fully saturated rings. The molecule has 0 radical (unpaired) electrons. The molecule has 0 heterocycles. The molecule has 2 nitrogen and oxygen atoms in total. The Bertz CT molecular complexity index is 234. The molecular weight excluding hydrogens is 228 g/mol. The Morgan fingerprint density at radius 2 is 1.59 bits per heavy atom. The van der Waals surface area contributed by atoms with Gasteiger partial charge in [-0.3, -0.25) is 0 Å². The number of hydrogen-bond acceptors (Lipinski definition) is 2. The molecule has 2 unspecified atom stereocenters. The van der Waals surface area contributed by atoms with E-state index in [9.17, 15) is 0 Å². The Morgan fingerprint density at radius 1 is 1.00 bits per heavy atom. The fourth-order valence-electron chi connectivity index (χ4n) is 3.16. The van der Waals surface area contributed by atoms with Gasteiger partial charge in [0.25, 0.3) is 0 Å². The van der Waals surface area contributed by atoms with Gasteiger partial charge >= 0.3 is 8.56 Å². The van der Waals surface area contributed by atoms with Gasteiger partial charge in [-0.05, 0) is 45.1 Å². The fraction of sp³-hybridized carbons (Fsp3) is 1.00. The van der Waals surface area contributed by atoms with E-state index in [0.29, 0.717) is 6.10 Å². The van der Waals surface area contributed by atoms with Crippen molar-refractivity contribution < 1.29 is 8.85 Å². The summed E-state index contributed by atoms with van der Waals surface area (Å²) < 4.78 is 12.2. The van der Waals surface area contributed by atoms with Gasteiger partial charge in [-0.2, -0.15) is 0 Å². The third kappa shape index (κ3) is 3.55. The third-order valence-electron chi connectivity index (χ3n) is 4.71. The van der Waals surface area contributed by atoms with Crippen molar-refractivity contribution in [2.24, 2.45) is 5.92 Å². The van der Waals surface area contributed by atoms with Crippen molar-refractivity contribution in [2.75, 3.05) is 7.11 Å². The van der Waals surface area contributed by atoms with Crippen LogP contribution in [0.3, 0.4) is 0 Å². The highest BCUT2D eigenvalue weighted by Gasteiger charge is 2.48. The summed E-state index contributed by atoms with van der Waals surface area (Å²) in [4.78, 5) is 0. The zero-order chi connectivity index (χ0) is 12.3. The number of rotatable bonds is 5. The molecule has 0 amide bonds. The van der Waals surface area contributed by atoms with Gasteiger partial charge < -0.3 is 8.85 Å². The molecule has 0 aromatic heterocycles. The lowest BCUT2D eigenvalue weighted by Crippen LogP contribution is -2.43. The highest BCUT2D eigenvalue weighted by Crippen LogP contribution is 2.47. The van der Waals surface area contributed by atoms with Gasteiger partial charge in [0.1, 0.15) is 0 Å². The molecule has 2 atom stereocenters. The van der Waals surface area contributed by atoms with Crippen LogP contribution in [-0.2, 0) is 8.85 Å². The number of hydrogen-bond donors (Lipinski definition) is 0. The van der Waals surface area contributed by atoms with Gasteiger partial charge in [-0.15, -0.1) is 0 Å². The summed E-state index contributed by atoms with van der Waals surface area (Å²) in [5.74, 6) is 0.776. The van der Waals surface area contributed by atoms with Crippen LogP contribution < -0.4 is 0 Å². The summed E-state index contributed by atoms with van der Waals surface area (Å²) in [7, 11) is -0.00157. The summed E-state index contributed by atoms with van der Waals surface area (Å²) in [6.45, 7) is 4.54. The standard InChI is InChI=1S/C14H28O2Si/c1-12(13-8-6-4-5-7-9-13)16-17(3,15-2)14-10-11-14/h12-14H,4-11H2,1-3H3. The van der Waals surface area contributed by atoms with E-state index in [1.54, 1.807) is 0 Å². The minimum absolute atomic E-state index is 0.408. The molecule has 0 bridgehead atoms. The molecule has 2 rings (SSSR count). The van der Waals surface area contributed by atoms with Crippen molar-refractivity contribution in [1.82, 2.24) is 0 Å². The minimum Gasteiger partial charge on any atom is -0.398 e. The van der Waals surface area contributed by atoms with Crippen LogP contribution in [0.2, 0.25) is 12.1 Å². The van der Waals surface area contributed by atoms with E-state index in [2.05, 4.69) is 13.5 Å². The molecule has 2 saturated carbocycles. The van der Waals surface area contributed by atoms with Gasteiger partial charge in [-0.25, -0.2) is 0 Å². The van der Waals surface area contributed by atoms with E-state index in [-0.39, 0.29) is 0 Å². The van der Waals surface area contributed by atoms with E-state index < -0.39 is 8.56 Å². The monoisotopic (exact) mass is 256 g/mol. The van der Waals surface area contributed by atoms with Crippen molar-refractivity contribution in [3.05, 3.63) is 0 Å². The molecule has 2 aliphatic carbocycles. The minimum atomic E-state index is -1.85. The van der Waals surface area contributed by atoms with Crippen molar-refractivity contribution in [3.8, 4) is 0 Å². The second-order valence-electron chi connectivity index (χ2n) is 6.07. The second kappa shape index (κ2) is 5.85. The summed E-state index contributed by atoms with van der Waals surface area (Å²) in [6, 6.07) is 0. The quantitative estimate of drug-likeness (QED) is 0.541. The average molecular weight is 256 g/mol. The lowest BCUT2D eigenvalue weighted by Gasteiger charge is -2.32. The fourth-order valence-corrected chi connectivity index (χ4v) is 5.93. The van der Waals surface area contributed by atoms with Crippen LogP contribution >= 0.6 is 0 Å². The zero-order valence-corrected chi connectivity index (χ0v) is 12.7. The molecule has 2 aliphatic rings. The van der Waals surface area contributed by atoms with Gasteiger partial charge in [0.05, 0.1) is 0 Å². The van der Waals surface area contributed by atoms with E-state index in [4.69, 9.17) is 8.85 Å². The Hall–Kier alpha value is 0.137. The normalized spacial score (nSPS) is 28.4. The highest BCUT2D eigenvalue weighted by molar-refractivity contribution is 6.68. The lowest BCUT2D eigenvalue weighted by atomic mass is 9.95.